The van der Waals surface area contributed by atoms with Crippen LogP contribution in [-0.4, -0.2) is 31.6 Å². The lowest BCUT2D eigenvalue weighted by Crippen LogP contribution is -2.44. The Kier molecular flexibility index (Phi) is 4.64. The molecule has 0 fully saturated rings. The van der Waals surface area contributed by atoms with E-state index in [0.29, 0.717) is 28.0 Å². The average molecular weight is 418 g/mol. The number of aromatic carboxylic acids is 1. The van der Waals surface area contributed by atoms with Crippen LogP contribution in [0.3, 0.4) is 0 Å². The summed E-state index contributed by atoms with van der Waals surface area (Å²) >= 11 is 0. The summed E-state index contributed by atoms with van der Waals surface area (Å²) in [5.74, 6) is -2.01. The van der Waals surface area contributed by atoms with Crippen LogP contribution < -0.4 is 10.4 Å². The Morgan fingerprint density at radius 3 is 2.50 bits per heavy atom. The first kappa shape index (κ1) is 19.7. The summed E-state index contributed by atoms with van der Waals surface area (Å²) in [7, 11) is 0. The fraction of sp³-hybridized carbons (Fsp3) is 0.250. The van der Waals surface area contributed by atoms with Crippen molar-refractivity contribution in [1.82, 2.24) is 14.5 Å². The van der Waals surface area contributed by atoms with E-state index in [1.807, 2.05) is 18.9 Å². The van der Waals surface area contributed by atoms with Gasteiger partial charge in [-0.2, -0.15) is 13.9 Å². The average Bonchev–Trinajstić information content (AvgIpc) is 3.16. The molecule has 10 heteroatoms. The fourth-order valence-corrected chi connectivity index (χ4v) is 3.57. The van der Waals surface area contributed by atoms with Gasteiger partial charge in [-0.1, -0.05) is 0 Å². The van der Waals surface area contributed by atoms with Gasteiger partial charge in [-0.25, -0.2) is 13.9 Å². The van der Waals surface area contributed by atoms with E-state index in [1.165, 1.54) is 18.3 Å². The van der Waals surface area contributed by atoms with Crippen molar-refractivity contribution < 1.29 is 23.1 Å². The lowest BCUT2D eigenvalue weighted by atomic mass is 9.95. The van der Waals surface area contributed by atoms with Gasteiger partial charge in [-0.15, -0.1) is 0 Å². The topological polar surface area (TPSA) is 80.4 Å². The summed E-state index contributed by atoms with van der Waals surface area (Å²) in [6, 6.07) is 3.88. The van der Waals surface area contributed by atoms with Gasteiger partial charge < -0.3 is 10.1 Å². The highest BCUT2D eigenvalue weighted by Crippen LogP contribution is 2.35. The lowest BCUT2D eigenvalue weighted by molar-refractivity contribution is 0.0566. The molecule has 1 aliphatic rings. The Hall–Kier alpha value is -3.56. The second-order valence-corrected chi connectivity index (χ2v) is 7.25. The molecule has 3 aromatic rings. The Bertz CT molecular complexity index is 1220. The van der Waals surface area contributed by atoms with E-state index in [-0.39, 0.29) is 22.7 Å². The molecule has 156 valence electrons. The Labute approximate surface area is 168 Å². The van der Waals surface area contributed by atoms with Crippen molar-refractivity contribution in [3.8, 4) is 22.4 Å². The van der Waals surface area contributed by atoms with Gasteiger partial charge in [0.1, 0.15) is 11.4 Å². The molecule has 0 aliphatic carbocycles. The molecule has 1 N–H and O–H groups in total. The van der Waals surface area contributed by atoms with Gasteiger partial charge in [0.15, 0.2) is 5.43 Å². The number of fused-ring (bicyclic) bond motifs is 3. The third-order valence-electron chi connectivity index (χ3n) is 5.05. The predicted molar refractivity (Wildman–Crippen MR) is 103 cm³/mol. The molecule has 0 bridgehead atoms. The van der Waals surface area contributed by atoms with Gasteiger partial charge in [-0.3, -0.25) is 9.47 Å². The summed E-state index contributed by atoms with van der Waals surface area (Å²) in [6.45, 7) is 1.26. The van der Waals surface area contributed by atoms with Gasteiger partial charge in [0.2, 0.25) is 0 Å². The van der Waals surface area contributed by atoms with Gasteiger partial charge in [0, 0.05) is 41.2 Å². The number of benzene rings is 1. The molecular formula is C20H17F3N4O3. The van der Waals surface area contributed by atoms with Crippen LogP contribution in [0.2, 0.25) is 0 Å². The molecule has 0 atom stereocenters. The van der Waals surface area contributed by atoms with Crippen LogP contribution in [0.5, 0.6) is 0 Å². The molecule has 0 radical (unpaired) electrons. The van der Waals surface area contributed by atoms with Crippen LogP contribution in [0, 0.1) is 5.82 Å². The second-order valence-electron chi connectivity index (χ2n) is 7.25. The second kappa shape index (κ2) is 7.05. The molecule has 0 amide bonds. The molecule has 1 aromatic carbocycles. The number of hydrogen-bond donors (Lipinski definition) is 1. The number of alkyl halides is 2. The highest BCUT2D eigenvalue weighted by molar-refractivity contribution is 5.88. The van der Waals surface area contributed by atoms with Crippen molar-refractivity contribution in [3.05, 3.63) is 64.0 Å². The maximum Gasteiger partial charge on any atom is 0.341 e. The smallest absolute Gasteiger partial charge is 0.341 e. The highest BCUT2D eigenvalue weighted by atomic mass is 19.3. The summed E-state index contributed by atoms with van der Waals surface area (Å²) in [5.41, 5.74) is 0.708. The van der Waals surface area contributed by atoms with E-state index >= 15 is 0 Å². The molecule has 4 rings (SSSR count). The predicted octanol–water partition coefficient (Wildman–Crippen LogP) is 3.47. The standard InChI is InChI=1S/C20H17F3N4O3/c1-10(2)26-8-11-3-13(12-6-24-25(7-12)20(22)23)16(21)4-14(11)17-5-18(28)15(19(29)30)9-27(17)26/h3-7,9-10,20H,8H2,1-2H3,(H,29,30). The Morgan fingerprint density at radius 2 is 1.90 bits per heavy atom. The molecular weight excluding hydrogens is 401 g/mol. The van der Waals surface area contributed by atoms with E-state index in [0.717, 1.165) is 12.4 Å². The van der Waals surface area contributed by atoms with Crippen molar-refractivity contribution >= 4 is 5.97 Å². The van der Waals surface area contributed by atoms with Crippen LogP contribution in [0.15, 0.2) is 41.6 Å². The van der Waals surface area contributed by atoms with Crippen molar-refractivity contribution in [1.29, 1.82) is 0 Å². The number of aromatic nitrogens is 3. The number of carboxylic acid groups (broad SMARTS) is 1. The van der Waals surface area contributed by atoms with Crippen LogP contribution in [0.4, 0.5) is 13.2 Å². The largest absolute Gasteiger partial charge is 0.477 e. The third kappa shape index (κ3) is 3.14. The van der Waals surface area contributed by atoms with E-state index in [9.17, 15) is 27.9 Å². The molecule has 30 heavy (non-hydrogen) atoms. The van der Waals surface area contributed by atoms with Crippen molar-refractivity contribution in [2.75, 3.05) is 5.01 Å². The lowest BCUT2D eigenvalue weighted by Gasteiger charge is -2.38. The summed E-state index contributed by atoms with van der Waals surface area (Å²) in [5, 5.41) is 14.7. The first-order valence-electron chi connectivity index (χ1n) is 9.09. The van der Waals surface area contributed by atoms with Crippen molar-refractivity contribution in [2.24, 2.45) is 0 Å². The zero-order valence-electron chi connectivity index (χ0n) is 16.0. The molecule has 7 nitrogen and oxygen atoms in total. The fourth-order valence-electron chi connectivity index (χ4n) is 3.57. The van der Waals surface area contributed by atoms with Crippen LogP contribution in [-0.2, 0) is 6.54 Å². The maximum atomic E-state index is 14.9. The number of pyridine rings is 1. The van der Waals surface area contributed by atoms with Crippen molar-refractivity contribution in [2.45, 2.75) is 33.0 Å². The summed E-state index contributed by atoms with van der Waals surface area (Å²) in [6.07, 6.45) is 3.47. The maximum absolute atomic E-state index is 14.9. The van der Waals surface area contributed by atoms with Gasteiger partial charge in [0.05, 0.1) is 18.4 Å². The van der Waals surface area contributed by atoms with Crippen LogP contribution in [0.25, 0.3) is 22.4 Å². The SMILES string of the molecule is CC(C)N1Cc2cc(-c3cnn(C(F)F)c3)c(F)cc2-c2cc(=O)c(C(=O)O)cn21. The first-order chi connectivity index (χ1) is 14.2. The van der Waals surface area contributed by atoms with Crippen LogP contribution >= 0.6 is 0 Å². The van der Waals surface area contributed by atoms with Gasteiger partial charge in [-0.05, 0) is 31.5 Å². The summed E-state index contributed by atoms with van der Waals surface area (Å²) in [4.78, 5) is 23.7. The number of nitrogens with zero attached hydrogens (tertiary/aromatic N) is 4. The number of hydrogen-bond acceptors (Lipinski definition) is 4. The third-order valence-corrected chi connectivity index (χ3v) is 5.05. The Morgan fingerprint density at radius 1 is 1.17 bits per heavy atom. The molecule has 0 unspecified atom stereocenters. The van der Waals surface area contributed by atoms with E-state index < -0.39 is 23.8 Å². The van der Waals surface area contributed by atoms with Gasteiger partial charge in [0.25, 0.3) is 0 Å². The van der Waals surface area contributed by atoms with Gasteiger partial charge >= 0.3 is 12.5 Å². The molecule has 2 aromatic heterocycles. The molecule has 0 spiro atoms. The Balaban J connectivity index is 1.91. The molecule has 0 saturated heterocycles. The van der Waals surface area contributed by atoms with E-state index in [1.54, 1.807) is 10.7 Å². The molecule has 1 aliphatic heterocycles. The number of carbonyl (C=O) groups is 1. The molecule has 0 saturated carbocycles. The minimum Gasteiger partial charge on any atom is -0.477 e. The summed E-state index contributed by atoms with van der Waals surface area (Å²) < 4.78 is 42.6. The zero-order valence-corrected chi connectivity index (χ0v) is 16.0. The van der Waals surface area contributed by atoms with Crippen LogP contribution in [0.1, 0.15) is 36.3 Å². The quantitative estimate of drug-likeness (QED) is 0.702. The first-order valence-corrected chi connectivity index (χ1v) is 9.09. The zero-order chi connectivity index (χ0) is 21.7. The minimum absolute atomic E-state index is 0.0730. The highest BCUT2D eigenvalue weighted by Gasteiger charge is 2.27. The number of carboxylic acids is 1. The van der Waals surface area contributed by atoms with E-state index in [4.69, 9.17) is 0 Å². The normalized spacial score (nSPS) is 13.0. The number of halogens is 3. The number of rotatable bonds is 4. The van der Waals surface area contributed by atoms with Crippen molar-refractivity contribution in [3.63, 3.8) is 0 Å². The molecule has 3 heterocycles. The van der Waals surface area contributed by atoms with E-state index in [2.05, 4.69) is 5.10 Å². The monoisotopic (exact) mass is 418 g/mol. The minimum atomic E-state index is -2.84.